The summed E-state index contributed by atoms with van der Waals surface area (Å²) in [5.41, 5.74) is 1.76. The van der Waals surface area contributed by atoms with Crippen LogP contribution in [0.1, 0.15) is 49.8 Å². The van der Waals surface area contributed by atoms with Crippen molar-refractivity contribution in [1.82, 2.24) is 14.9 Å². The van der Waals surface area contributed by atoms with Crippen LogP contribution in [0.5, 0.6) is 5.75 Å². The van der Waals surface area contributed by atoms with Crippen molar-refractivity contribution in [2.75, 3.05) is 19.7 Å². The van der Waals surface area contributed by atoms with Gasteiger partial charge in [0.05, 0.1) is 17.5 Å². The van der Waals surface area contributed by atoms with Crippen molar-refractivity contribution in [2.24, 2.45) is 5.92 Å². The Bertz CT molecular complexity index is 1160. The number of nitrogens with one attached hydrogen (secondary N) is 2. The van der Waals surface area contributed by atoms with Gasteiger partial charge in [-0.2, -0.15) is 0 Å². The highest BCUT2D eigenvalue weighted by Gasteiger charge is 2.37. The van der Waals surface area contributed by atoms with Crippen molar-refractivity contribution in [3.05, 3.63) is 59.7 Å². The Hall–Kier alpha value is -2.91. The number of benzene rings is 2. The molecule has 2 aromatic rings. The normalized spacial score (nSPS) is 23.0. The average Bonchev–Trinajstić information content (AvgIpc) is 2.85. The lowest BCUT2D eigenvalue weighted by atomic mass is 9.85. The quantitative estimate of drug-likeness (QED) is 0.610. The number of carbonyl (C=O) groups is 2. The Kier molecular flexibility index (Phi) is 7.76. The van der Waals surface area contributed by atoms with Gasteiger partial charge in [0.15, 0.2) is 0 Å². The second kappa shape index (κ2) is 10.8. The Labute approximate surface area is 207 Å². The van der Waals surface area contributed by atoms with Crippen LogP contribution >= 0.6 is 0 Å². The van der Waals surface area contributed by atoms with E-state index in [0.717, 1.165) is 11.1 Å². The van der Waals surface area contributed by atoms with Crippen LogP contribution in [0.15, 0.2) is 53.4 Å². The first kappa shape index (κ1) is 25.2. The van der Waals surface area contributed by atoms with Gasteiger partial charge in [-0.25, -0.2) is 13.1 Å². The molecule has 1 aliphatic carbocycles. The highest BCUT2D eigenvalue weighted by Crippen LogP contribution is 2.31. The number of ether oxygens (including phenoxy) is 1. The monoisotopic (exact) mass is 499 g/mol. The van der Waals surface area contributed by atoms with Gasteiger partial charge in [0, 0.05) is 18.5 Å². The number of amides is 2. The van der Waals surface area contributed by atoms with E-state index >= 15 is 0 Å². The molecule has 0 radical (unpaired) electrons. The molecule has 2 aliphatic rings. The summed E-state index contributed by atoms with van der Waals surface area (Å²) < 4.78 is 34.2. The van der Waals surface area contributed by atoms with Gasteiger partial charge >= 0.3 is 0 Å². The summed E-state index contributed by atoms with van der Waals surface area (Å²) in [6, 6.07) is 14.2. The molecule has 2 amide bonds. The molecule has 4 rings (SSSR count). The molecule has 0 aromatic heterocycles. The number of rotatable bonds is 7. The zero-order chi connectivity index (χ0) is 25.0. The number of hydrogen-bond acceptors (Lipinski definition) is 5. The zero-order valence-corrected chi connectivity index (χ0v) is 21.0. The van der Waals surface area contributed by atoms with E-state index < -0.39 is 10.0 Å². The molecule has 35 heavy (non-hydrogen) atoms. The third-order valence-corrected chi connectivity index (χ3v) is 8.32. The van der Waals surface area contributed by atoms with Gasteiger partial charge < -0.3 is 15.0 Å². The maximum Gasteiger partial charge on any atom is 0.240 e. The summed E-state index contributed by atoms with van der Waals surface area (Å²) in [4.78, 5) is 27.4. The number of carbonyl (C=O) groups excluding carboxylic acids is 2. The van der Waals surface area contributed by atoms with Crippen molar-refractivity contribution < 1.29 is 22.7 Å². The van der Waals surface area contributed by atoms with Crippen LogP contribution in [0.4, 0.5) is 0 Å². The summed E-state index contributed by atoms with van der Waals surface area (Å²) in [6.45, 7) is 4.66. The topological polar surface area (TPSA) is 105 Å². The molecular weight excluding hydrogens is 466 g/mol. The van der Waals surface area contributed by atoms with Crippen molar-refractivity contribution >= 4 is 21.8 Å². The van der Waals surface area contributed by atoms with E-state index in [9.17, 15) is 18.0 Å². The Morgan fingerprint density at radius 3 is 2.49 bits per heavy atom. The standard InChI is InChI=1S/C26H33N3O5S/c1-3-34-24-14-13-22(15-18(24)2)35(32,33)28-21-11-9-20(10-12-21)26(31)29-17-25(30)27-16-23(29)19-7-5-4-6-8-19/h4-8,13-15,20-21,23,28H,3,9-12,16-17H2,1-2H3,(H,27,30)/t20?,21?,23-/m1/s1. The minimum absolute atomic E-state index is 0.0304. The van der Waals surface area contributed by atoms with Crippen molar-refractivity contribution in [1.29, 1.82) is 0 Å². The van der Waals surface area contributed by atoms with E-state index in [4.69, 9.17) is 4.74 Å². The fourth-order valence-electron chi connectivity index (χ4n) is 4.93. The first-order chi connectivity index (χ1) is 16.8. The SMILES string of the molecule is CCOc1ccc(S(=O)(=O)NC2CCC(C(=O)N3CC(=O)NC[C@@H]3c3ccccc3)CC2)cc1C. The minimum Gasteiger partial charge on any atom is -0.494 e. The van der Waals surface area contributed by atoms with Crippen molar-refractivity contribution in [3.8, 4) is 5.75 Å². The summed E-state index contributed by atoms with van der Waals surface area (Å²) in [7, 11) is -3.68. The molecule has 8 nitrogen and oxygen atoms in total. The molecule has 0 unspecified atom stereocenters. The van der Waals surface area contributed by atoms with E-state index in [1.54, 1.807) is 23.1 Å². The fraction of sp³-hybridized carbons (Fsp3) is 0.462. The van der Waals surface area contributed by atoms with E-state index in [0.29, 0.717) is 44.6 Å². The lowest BCUT2D eigenvalue weighted by Crippen LogP contribution is -2.54. The molecule has 2 N–H and O–H groups in total. The van der Waals surface area contributed by atoms with E-state index in [1.165, 1.54) is 0 Å². The first-order valence-electron chi connectivity index (χ1n) is 12.2. The molecule has 9 heteroatoms. The molecular formula is C26H33N3O5S. The molecule has 188 valence electrons. The highest BCUT2D eigenvalue weighted by atomic mass is 32.2. The number of nitrogens with zero attached hydrogens (tertiary/aromatic N) is 1. The van der Waals surface area contributed by atoms with Gasteiger partial charge in [-0.3, -0.25) is 9.59 Å². The second-order valence-corrected chi connectivity index (χ2v) is 10.9. The van der Waals surface area contributed by atoms with Crippen LogP contribution in [-0.4, -0.2) is 50.9 Å². The van der Waals surface area contributed by atoms with Gasteiger partial charge in [-0.1, -0.05) is 30.3 Å². The van der Waals surface area contributed by atoms with Crippen LogP contribution in [0.25, 0.3) is 0 Å². The average molecular weight is 500 g/mol. The number of sulfonamides is 1. The van der Waals surface area contributed by atoms with E-state index in [1.807, 2.05) is 44.2 Å². The molecule has 1 atom stereocenters. The second-order valence-electron chi connectivity index (χ2n) is 9.23. The Balaban J connectivity index is 1.38. The van der Waals surface area contributed by atoms with Gasteiger partial charge in [0.1, 0.15) is 12.3 Å². The highest BCUT2D eigenvalue weighted by molar-refractivity contribution is 7.89. The van der Waals surface area contributed by atoms with Gasteiger partial charge in [0.2, 0.25) is 21.8 Å². The Morgan fingerprint density at radius 2 is 1.83 bits per heavy atom. The van der Waals surface area contributed by atoms with Crippen LogP contribution in [0.3, 0.4) is 0 Å². The molecule has 1 aliphatic heterocycles. The van der Waals surface area contributed by atoms with Gasteiger partial charge in [0.25, 0.3) is 0 Å². The maximum atomic E-state index is 13.4. The smallest absolute Gasteiger partial charge is 0.240 e. The summed E-state index contributed by atoms with van der Waals surface area (Å²) in [5, 5.41) is 2.86. The summed E-state index contributed by atoms with van der Waals surface area (Å²) >= 11 is 0. The largest absolute Gasteiger partial charge is 0.494 e. The molecule has 1 saturated carbocycles. The number of aryl methyl sites for hydroxylation is 1. The summed E-state index contributed by atoms with van der Waals surface area (Å²) in [6.07, 6.45) is 2.30. The van der Waals surface area contributed by atoms with Crippen molar-refractivity contribution in [3.63, 3.8) is 0 Å². The maximum absolute atomic E-state index is 13.4. The molecule has 2 fully saturated rings. The van der Waals surface area contributed by atoms with Crippen molar-refractivity contribution in [2.45, 2.75) is 56.5 Å². The number of hydrogen-bond donors (Lipinski definition) is 2. The van der Waals surface area contributed by atoms with E-state index in [2.05, 4.69) is 10.0 Å². The molecule has 1 saturated heterocycles. The summed E-state index contributed by atoms with van der Waals surface area (Å²) in [5.74, 6) is 0.265. The third-order valence-electron chi connectivity index (χ3n) is 6.80. The van der Waals surface area contributed by atoms with Crippen LogP contribution in [0.2, 0.25) is 0 Å². The zero-order valence-electron chi connectivity index (χ0n) is 20.2. The van der Waals surface area contributed by atoms with Crippen LogP contribution in [-0.2, 0) is 19.6 Å². The van der Waals surface area contributed by atoms with Gasteiger partial charge in [-0.15, -0.1) is 0 Å². The third kappa shape index (κ3) is 5.85. The lowest BCUT2D eigenvalue weighted by Gasteiger charge is -2.39. The lowest BCUT2D eigenvalue weighted by molar-refractivity contribution is -0.145. The minimum atomic E-state index is -3.68. The molecule has 1 heterocycles. The molecule has 2 aromatic carbocycles. The van der Waals surface area contributed by atoms with Gasteiger partial charge in [-0.05, 0) is 68.9 Å². The van der Waals surface area contributed by atoms with E-state index in [-0.39, 0.29) is 41.3 Å². The Morgan fingerprint density at radius 1 is 1.11 bits per heavy atom. The predicted octanol–water partition coefficient (Wildman–Crippen LogP) is 2.93. The predicted molar refractivity (Wildman–Crippen MR) is 132 cm³/mol. The molecule has 0 bridgehead atoms. The molecule has 0 spiro atoms. The fourth-order valence-corrected chi connectivity index (χ4v) is 6.32. The van der Waals surface area contributed by atoms with Crippen LogP contribution in [0, 0.1) is 12.8 Å². The number of piperazine rings is 1. The first-order valence-corrected chi connectivity index (χ1v) is 13.6. The van der Waals surface area contributed by atoms with Crippen LogP contribution < -0.4 is 14.8 Å².